The molecule has 1 spiro atoms. The van der Waals surface area contributed by atoms with Gasteiger partial charge in [-0.05, 0) is 201 Å². The van der Waals surface area contributed by atoms with Crippen LogP contribution in [0.25, 0.3) is 137 Å². The first-order valence-electron chi connectivity index (χ1n) is 29.5. The van der Waals surface area contributed by atoms with Crippen LogP contribution in [0.15, 0.2) is 249 Å². The lowest BCUT2D eigenvalue weighted by atomic mass is 9.43. The van der Waals surface area contributed by atoms with Gasteiger partial charge in [0.05, 0.1) is 33.1 Å². The zero-order valence-corrected chi connectivity index (χ0v) is 44.9. The minimum atomic E-state index is 0.139. The van der Waals surface area contributed by atoms with Gasteiger partial charge in [-0.3, -0.25) is 0 Å². The number of para-hydroxylation sites is 3. The van der Waals surface area contributed by atoms with Crippen molar-refractivity contribution in [1.82, 2.24) is 13.7 Å². The second kappa shape index (κ2) is 16.3. The maximum Gasteiger partial charge on any atom is 0.0547 e. The highest BCUT2D eigenvalue weighted by Gasteiger charge is 2.61. The van der Waals surface area contributed by atoms with Crippen LogP contribution >= 0.6 is 0 Å². The van der Waals surface area contributed by atoms with Gasteiger partial charge in [-0.25, -0.2) is 0 Å². The molecule has 5 aliphatic carbocycles. The molecule has 3 nitrogen and oxygen atoms in total. The fourth-order valence-electron chi connectivity index (χ4n) is 17.5. The molecule has 4 bridgehead atoms. The van der Waals surface area contributed by atoms with Gasteiger partial charge in [0.25, 0.3) is 0 Å². The van der Waals surface area contributed by atoms with E-state index in [1.54, 1.807) is 11.1 Å². The van der Waals surface area contributed by atoms with Gasteiger partial charge < -0.3 is 13.7 Å². The van der Waals surface area contributed by atoms with Gasteiger partial charge in [0.2, 0.25) is 0 Å². The highest BCUT2D eigenvalue weighted by molar-refractivity contribution is 6.14. The van der Waals surface area contributed by atoms with Gasteiger partial charge in [0.15, 0.2) is 0 Å². The molecule has 0 saturated heterocycles. The van der Waals surface area contributed by atoms with Gasteiger partial charge in [0.1, 0.15) is 0 Å². The summed E-state index contributed by atoms with van der Waals surface area (Å²) in [5, 5.41) is 12.6. The SMILES string of the molecule is c1ccc2c(c1)-c1ccc(-c3ccc4c5ccccc5n(-c5ccc(-n6c7ccccc7c7ccc(-c8ccc9c%10ccccc%10n(-c%10ccc%11c(ccc%12ccccc%12%11)c%10)c9c8)cc76)cc5)c4c3)cc1C21C2CC3CC(C2)CC1C3. The first kappa shape index (κ1) is 44.4. The molecule has 15 aromatic rings. The number of hydrogen-bond donors (Lipinski definition) is 0. The molecular formula is C78H55N3. The molecule has 4 saturated carbocycles. The van der Waals surface area contributed by atoms with Crippen molar-refractivity contribution in [3.05, 3.63) is 260 Å². The Labute approximate surface area is 469 Å². The Balaban J connectivity index is 0.724. The summed E-state index contributed by atoms with van der Waals surface area (Å²) in [6.45, 7) is 0. The molecular weight excluding hydrogens is 979 g/mol. The summed E-state index contributed by atoms with van der Waals surface area (Å²) in [4.78, 5) is 0. The summed E-state index contributed by atoms with van der Waals surface area (Å²) in [6.07, 6.45) is 7.04. The quantitative estimate of drug-likeness (QED) is 0.153. The normalized spacial score (nSPS) is 19.9. The molecule has 20 rings (SSSR count). The average Bonchev–Trinajstić information content (AvgIpc) is 4.25. The molecule has 3 heterocycles. The van der Waals surface area contributed by atoms with Gasteiger partial charge >= 0.3 is 0 Å². The smallest absolute Gasteiger partial charge is 0.0547 e. The Kier molecular flexibility index (Phi) is 8.96. The zero-order chi connectivity index (χ0) is 52.7. The third kappa shape index (κ3) is 6.08. The summed E-state index contributed by atoms with van der Waals surface area (Å²) >= 11 is 0. The first-order valence-corrected chi connectivity index (χ1v) is 29.5. The molecule has 3 heteroatoms. The summed E-state index contributed by atoms with van der Waals surface area (Å²) in [6, 6.07) is 94.6. The van der Waals surface area contributed by atoms with Crippen LogP contribution in [0.3, 0.4) is 0 Å². The molecule has 0 radical (unpaired) electrons. The third-order valence-corrected chi connectivity index (χ3v) is 20.6. The van der Waals surface area contributed by atoms with Crippen molar-refractivity contribution in [2.45, 2.75) is 37.5 Å². The summed E-state index contributed by atoms with van der Waals surface area (Å²) in [5.74, 6) is 3.32. The molecule has 0 amide bonds. The molecule has 0 atom stereocenters. The number of aromatic nitrogens is 3. The Bertz CT molecular complexity index is 5170. The van der Waals surface area contributed by atoms with Crippen molar-refractivity contribution >= 4 is 87.0 Å². The zero-order valence-electron chi connectivity index (χ0n) is 44.9. The van der Waals surface area contributed by atoms with E-state index in [4.69, 9.17) is 0 Å². The van der Waals surface area contributed by atoms with Gasteiger partial charge in [0, 0.05) is 54.8 Å². The third-order valence-electron chi connectivity index (χ3n) is 20.6. The largest absolute Gasteiger partial charge is 0.309 e. The van der Waals surface area contributed by atoms with Crippen LogP contribution in [0.2, 0.25) is 0 Å². The molecule has 4 fully saturated rings. The monoisotopic (exact) mass is 1030 g/mol. The predicted octanol–water partition coefficient (Wildman–Crippen LogP) is 20.3. The van der Waals surface area contributed by atoms with Gasteiger partial charge in [-0.2, -0.15) is 0 Å². The van der Waals surface area contributed by atoms with Crippen LogP contribution < -0.4 is 0 Å². The van der Waals surface area contributed by atoms with E-state index in [9.17, 15) is 0 Å². The first-order chi connectivity index (χ1) is 40.1. The molecule has 5 aliphatic rings. The van der Waals surface area contributed by atoms with E-state index in [0.717, 1.165) is 40.7 Å². The van der Waals surface area contributed by atoms with E-state index in [1.165, 1.54) is 152 Å². The highest BCUT2D eigenvalue weighted by atomic mass is 15.0. The molecule has 0 N–H and O–H groups in total. The fraction of sp³-hybridized carbons (Fsp3) is 0.128. The Hall–Kier alpha value is -9.44. The fourth-order valence-corrected chi connectivity index (χ4v) is 17.5. The van der Waals surface area contributed by atoms with Crippen LogP contribution in [-0.2, 0) is 5.41 Å². The average molecular weight is 1030 g/mol. The Morgan fingerprint density at radius 2 is 0.654 bits per heavy atom. The number of hydrogen-bond acceptors (Lipinski definition) is 0. The predicted molar refractivity (Wildman–Crippen MR) is 339 cm³/mol. The number of rotatable bonds is 5. The lowest BCUT2D eigenvalue weighted by Gasteiger charge is -2.61. The summed E-state index contributed by atoms with van der Waals surface area (Å²) in [5.41, 5.74) is 22.0. The van der Waals surface area contributed by atoms with E-state index in [0.29, 0.717) is 0 Å². The number of benzene rings is 12. The molecule has 0 aliphatic heterocycles. The lowest BCUT2D eigenvalue weighted by molar-refractivity contribution is -0.0399. The van der Waals surface area contributed by atoms with Crippen LogP contribution in [0.4, 0.5) is 0 Å². The van der Waals surface area contributed by atoms with Crippen molar-refractivity contribution in [3.63, 3.8) is 0 Å². The standard InChI is InChI=1S/C78H55N3/c1-2-12-60-49(11-1)21-22-54-42-59(31-36-61(54)60)81-74-20-10-6-16-66(74)69-35-26-53(46-77(69)81)52-25-34-68-65-15-5-9-19-73(65)80(76(68)45-52)58-29-27-57(28-30-58)79-72-18-8-4-14-64(72)67-33-24-51(44-75(67)79)50-23-32-63-62-13-3-7-17-70(62)78(71(63)43-50)55-38-47-37-48(40-55)41-56(78)39-47/h1-36,42-48,55-56H,37-41H2. The second-order valence-electron chi connectivity index (χ2n) is 24.4. The van der Waals surface area contributed by atoms with Gasteiger partial charge in [-0.15, -0.1) is 0 Å². The van der Waals surface area contributed by atoms with Crippen LogP contribution in [0.5, 0.6) is 0 Å². The Morgan fingerprint density at radius 3 is 1.22 bits per heavy atom. The minimum Gasteiger partial charge on any atom is -0.309 e. The molecule has 382 valence electrons. The lowest BCUT2D eigenvalue weighted by Crippen LogP contribution is -2.55. The molecule has 3 aromatic heterocycles. The highest BCUT2D eigenvalue weighted by Crippen LogP contribution is 2.69. The maximum atomic E-state index is 2.64. The topological polar surface area (TPSA) is 14.8 Å². The van der Waals surface area contributed by atoms with E-state index in [2.05, 4.69) is 262 Å². The van der Waals surface area contributed by atoms with Crippen LogP contribution in [0.1, 0.15) is 43.2 Å². The van der Waals surface area contributed by atoms with E-state index in [1.807, 2.05) is 0 Å². The number of fused-ring (bicyclic) bond motifs is 15. The van der Waals surface area contributed by atoms with Crippen molar-refractivity contribution in [1.29, 1.82) is 0 Å². The van der Waals surface area contributed by atoms with E-state index in [-0.39, 0.29) is 5.41 Å². The summed E-state index contributed by atoms with van der Waals surface area (Å²) in [7, 11) is 0. The van der Waals surface area contributed by atoms with Crippen molar-refractivity contribution < 1.29 is 0 Å². The Morgan fingerprint density at radius 1 is 0.259 bits per heavy atom. The van der Waals surface area contributed by atoms with Crippen LogP contribution in [0, 0.1) is 23.7 Å². The van der Waals surface area contributed by atoms with E-state index < -0.39 is 0 Å². The summed E-state index contributed by atoms with van der Waals surface area (Å²) < 4.78 is 7.43. The van der Waals surface area contributed by atoms with Crippen LogP contribution in [-0.4, -0.2) is 13.7 Å². The second-order valence-corrected chi connectivity index (χ2v) is 24.4. The molecule has 12 aromatic carbocycles. The molecule has 0 unspecified atom stereocenters. The maximum absolute atomic E-state index is 2.64. The number of nitrogens with zero attached hydrogens (tertiary/aromatic N) is 3. The van der Waals surface area contributed by atoms with Gasteiger partial charge in [-0.1, -0.05) is 170 Å². The van der Waals surface area contributed by atoms with Crippen molar-refractivity contribution in [2.75, 3.05) is 0 Å². The van der Waals surface area contributed by atoms with Crippen molar-refractivity contribution in [2.24, 2.45) is 23.7 Å². The van der Waals surface area contributed by atoms with Crippen molar-refractivity contribution in [3.8, 4) is 50.4 Å². The van der Waals surface area contributed by atoms with E-state index >= 15 is 0 Å². The minimum absolute atomic E-state index is 0.139. The molecule has 81 heavy (non-hydrogen) atoms.